The van der Waals surface area contributed by atoms with Crippen molar-refractivity contribution in [3.05, 3.63) is 0 Å². The molecule has 1 N–H and O–H groups in total. The van der Waals surface area contributed by atoms with Crippen LogP contribution in [-0.4, -0.2) is 77.1 Å². The maximum atomic E-state index is 12.3. The van der Waals surface area contributed by atoms with E-state index < -0.39 is 11.5 Å². The lowest BCUT2D eigenvalue weighted by Gasteiger charge is -2.40. The second kappa shape index (κ2) is 6.23. The van der Waals surface area contributed by atoms with Gasteiger partial charge in [0.2, 0.25) is 0 Å². The largest absolute Gasteiger partial charge is 0.480 e. The molecule has 0 aromatic heterocycles. The molecule has 0 bridgehead atoms. The van der Waals surface area contributed by atoms with Crippen LogP contribution in [0.4, 0.5) is 4.79 Å². The molecule has 6 heteroatoms. The van der Waals surface area contributed by atoms with Gasteiger partial charge in [0, 0.05) is 33.2 Å². The van der Waals surface area contributed by atoms with Crippen LogP contribution < -0.4 is 0 Å². The summed E-state index contributed by atoms with van der Waals surface area (Å²) in [6, 6.07) is -0.205. The minimum atomic E-state index is -1.18. The second-order valence-corrected chi connectivity index (χ2v) is 5.53. The number of carbonyl (C=O) groups excluding carboxylic acids is 1. The highest BCUT2D eigenvalue weighted by atomic mass is 16.4. The molecule has 0 spiro atoms. The Kier molecular flexibility index (Phi) is 5.17. The average Bonchev–Trinajstić information content (AvgIpc) is 2.38. The average molecular weight is 271 g/mol. The van der Waals surface area contributed by atoms with Crippen molar-refractivity contribution in [2.45, 2.75) is 32.7 Å². The predicted molar refractivity (Wildman–Crippen MR) is 73.2 cm³/mol. The van der Waals surface area contributed by atoms with Crippen LogP contribution >= 0.6 is 0 Å². The molecule has 1 aliphatic rings. The number of aliphatic carboxylic acids is 1. The first-order valence-corrected chi connectivity index (χ1v) is 6.79. The quantitative estimate of drug-likeness (QED) is 0.826. The molecule has 6 nitrogen and oxygen atoms in total. The highest BCUT2D eigenvalue weighted by molar-refractivity contribution is 5.85. The van der Waals surface area contributed by atoms with Crippen molar-refractivity contribution >= 4 is 12.0 Å². The summed E-state index contributed by atoms with van der Waals surface area (Å²) < 4.78 is 0. The molecule has 1 aliphatic heterocycles. The van der Waals surface area contributed by atoms with E-state index in [1.807, 2.05) is 0 Å². The lowest BCUT2D eigenvalue weighted by molar-refractivity contribution is -0.147. The zero-order valence-electron chi connectivity index (χ0n) is 12.3. The van der Waals surface area contributed by atoms with Crippen molar-refractivity contribution in [2.75, 3.05) is 39.8 Å². The molecule has 1 rings (SSSR count). The number of urea groups is 1. The van der Waals surface area contributed by atoms with Gasteiger partial charge in [-0.05, 0) is 26.8 Å². The van der Waals surface area contributed by atoms with E-state index in [0.717, 1.165) is 26.1 Å². The molecule has 0 aromatic carbocycles. The minimum absolute atomic E-state index is 0.205. The lowest BCUT2D eigenvalue weighted by atomic mass is 10.0. The molecule has 0 saturated carbocycles. The zero-order valence-corrected chi connectivity index (χ0v) is 12.3. The van der Waals surface area contributed by atoms with Gasteiger partial charge in [-0.25, -0.2) is 9.59 Å². The molecular formula is C13H25N3O3. The third kappa shape index (κ3) is 3.59. The van der Waals surface area contributed by atoms with Crippen LogP contribution in [0.5, 0.6) is 0 Å². The monoisotopic (exact) mass is 271 g/mol. The molecular weight excluding hydrogens is 246 g/mol. The van der Waals surface area contributed by atoms with Gasteiger partial charge in [-0.2, -0.15) is 0 Å². The van der Waals surface area contributed by atoms with E-state index in [-0.39, 0.29) is 6.03 Å². The van der Waals surface area contributed by atoms with Crippen molar-refractivity contribution in [1.29, 1.82) is 0 Å². The molecule has 0 unspecified atom stereocenters. The van der Waals surface area contributed by atoms with Gasteiger partial charge in [0.15, 0.2) is 0 Å². The number of nitrogens with zero attached hydrogens (tertiary/aromatic N) is 3. The number of amides is 2. The van der Waals surface area contributed by atoms with Crippen molar-refractivity contribution in [1.82, 2.24) is 14.7 Å². The number of likely N-dealkylation sites (N-methyl/N-ethyl adjacent to an activating group) is 1. The molecule has 1 heterocycles. The molecule has 110 valence electrons. The van der Waals surface area contributed by atoms with Gasteiger partial charge in [0.1, 0.15) is 5.54 Å². The van der Waals surface area contributed by atoms with E-state index >= 15 is 0 Å². The maximum Gasteiger partial charge on any atom is 0.329 e. The number of piperazine rings is 1. The van der Waals surface area contributed by atoms with Crippen molar-refractivity contribution < 1.29 is 14.7 Å². The summed E-state index contributed by atoms with van der Waals surface area (Å²) in [6.45, 7) is 9.33. The Morgan fingerprint density at radius 3 is 2.16 bits per heavy atom. The molecule has 0 atom stereocenters. The predicted octanol–water partition coefficient (Wildman–Crippen LogP) is 0.929. The third-order valence-corrected chi connectivity index (χ3v) is 3.83. The topological polar surface area (TPSA) is 64.1 Å². The molecule has 19 heavy (non-hydrogen) atoms. The van der Waals surface area contributed by atoms with Gasteiger partial charge in [0.25, 0.3) is 0 Å². The maximum absolute atomic E-state index is 12.3. The van der Waals surface area contributed by atoms with Gasteiger partial charge < -0.3 is 14.9 Å². The lowest BCUT2D eigenvalue weighted by Crippen LogP contribution is -2.58. The van der Waals surface area contributed by atoms with Crippen LogP contribution in [-0.2, 0) is 4.79 Å². The Morgan fingerprint density at radius 2 is 1.74 bits per heavy atom. The Bertz CT molecular complexity index is 336. The fraction of sp³-hybridized carbons (Fsp3) is 0.846. The highest BCUT2D eigenvalue weighted by Crippen LogP contribution is 2.16. The van der Waals surface area contributed by atoms with Crippen LogP contribution in [0.2, 0.25) is 0 Å². The van der Waals surface area contributed by atoms with Gasteiger partial charge in [-0.15, -0.1) is 0 Å². The van der Waals surface area contributed by atoms with Crippen LogP contribution in [0.25, 0.3) is 0 Å². The summed E-state index contributed by atoms with van der Waals surface area (Å²) in [5, 5.41) is 9.15. The molecule has 1 fully saturated rings. The fourth-order valence-electron chi connectivity index (χ4n) is 2.07. The first kappa shape index (κ1) is 15.8. The van der Waals surface area contributed by atoms with Gasteiger partial charge in [0.05, 0.1) is 0 Å². The molecule has 1 saturated heterocycles. The van der Waals surface area contributed by atoms with Gasteiger partial charge in [-0.3, -0.25) is 4.90 Å². The Balaban J connectivity index is 2.58. The normalized spacial score (nSPS) is 17.4. The van der Waals surface area contributed by atoms with E-state index in [2.05, 4.69) is 11.8 Å². The smallest absolute Gasteiger partial charge is 0.329 e. The molecule has 0 aliphatic carbocycles. The van der Waals surface area contributed by atoms with Crippen LogP contribution in [0.3, 0.4) is 0 Å². The summed E-state index contributed by atoms with van der Waals surface area (Å²) in [7, 11) is 1.55. The van der Waals surface area contributed by atoms with Gasteiger partial charge in [-0.1, -0.05) is 6.92 Å². The standard InChI is InChI=1S/C13H25N3O3/c1-5-6-15-7-9-16(10-8-15)12(19)14(4)13(2,3)11(17)18/h5-10H2,1-4H3,(H,17,18). The first-order valence-electron chi connectivity index (χ1n) is 6.79. The van der Waals surface area contributed by atoms with E-state index in [1.165, 1.54) is 4.90 Å². The molecule has 0 radical (unpaired) electrons. The zero-order chi connectivity index (χ0) is 14.6. The Morgan fingerprint density at radius 1 is 1.21 bits per heavy atom. The number of hydrogen-bond donors (Lipinski definition) is 1. The van der Waals surface area contributed by atoms with E-state index in [4.69, 9.17) is 5.11 Å². The number of rotatable bonds is 4. The van der Waals surface area contributed by atoms with Crippen molar-refractivity contribution in [3.63, 3.8) is 0 Å². The van der Waals surface area contributed by atoms with Crippen molar-refractivity contribution in [2.24, 2.45) is 0 Å². The van der Waals surface area contributed by atoms with Crippen molar-refractivity contribution in [3.8, 4) is 0 Å². The summed E-state index contributed by atoms with van der Waals surface area (Å²) >= 11 is 0. The Labute approximate surface area is 115 Å². The van der Waals surface area contributed by atoms with Crippen LogP contribution in [0.15, 0.2) is 0 Å². The number of carbonyl (C=O) groups is 2. The van der Waals surface area contributed by atoms with Crippen LogP contribution in [0.1, 0.15) is 27.2 Å². The summed E-state index contributed by atoms with van der Waals surface area (Å²) in [5.74, 6) is -0.993. The Hall–Kier alpha value is -1.30. The summed E-state index contributed by atoms with van der Waals surface area (Å²) in [4.78, 5) is 28.8. The molecule has 0 aromatic rings. The van der Waals surface area contributed by atoms with E-state index in [0.29, 0.717) is 13.1 Å². The van der Waals surface area contributed by atoms with Gasteiger partial charge >= 0.3 is 12.0 Å². The summed E-state index contributed by atoms with van der Waals surface area (Å²) in [5.41, 5.74) is -1.18. The minimum Gasteiger partial charge on any atom is -0.480 e. The SMILES string of the molecule is CCCN1CCN(C(=O)N(C)C(C)(C)C(=O)O)CC1. The molecule has 2 amide bonds. The number of carboxylic acids is 1. The van der Waals surface area contributed by atoms with Crippen LogP contribution in [0, 0.1) is 0 Å². The second-order valence-electron chi connectivity index (χ2n) is 5.53. The fourth-order valence-corrected chi connectivity index (χ4v) is 2.07. The summed E-state index contributed by atoms with van der Waals surface area (Å²) in [6.07, 6.45) is 1.11. The number of carboxylic acid groups (broad SMARTS) is 1. The van der Waals surface area contributed by atoms with E-state index in [9.17, 15) is 9.59 Å². The first-order chi connectivity index (χ1) is 8.80. The van der Waals surface area contributed by atoms with E-state index in [1.54, 1.807) is 25.8 Å². The third-order valence-electron chi connectivity index (χ3n) is 3.83. The number of hydrogen-bond acceptors (Lipinski definition) is 3. The highest BCUT2D eigenvalue weighted by Gasteiger charge is 2.37.